The number of ether oxygens (including phenoxy) is 1. The first-order valence-corrected chi connectivity index (χ1v) is 2.74. The summed E-state index contributed by atoms with van der Waals surface area (Å²) in [7, 11) is 1.14. The lowest BCUT2D eigenvalue weighted by atomic mass is 10.2. The van der Waals surface area contributed by atoms with Gasteiger partial charge >= 0.3 is 5.97 Å². The van der Waals surface area contributed by atoms with Gasteiger partial charge in [0.1, 0.15) is 0 Å². The predicted octanol–water partition coefficient (Wildman–Crippen LogP) is 0.322. The quantitative estimate of drug-likeness (QED) is 0.563. The van der Waals surface area contributed by atoms with Crippen LogP contribution in [0.2, 0.25) is 0 Å². The summed E-state index contributed by atoms with van der Waals surface area (Å²) < 4.78 is 18.4. The average Bonchev–Trinajstić information content (AvgIpc) is 1.99. The Hall–Kier alpha value is -0.570. The number of hydrogen-bond donors (Lipinski definition) is 1. The van der Waals surface area contributed by atoms with E-state index >= 15 is 0 Å². The molecule has 0 unspecified atom stereocenters. The van der Waals surface area contributed by atoms with E-state index in [0.717, 1.165) is 7.11 Å². The van der Waals surface area contributed by atoms with Crippen molar-refractivity contribution in [3.63, 3.8) is 0 Å². The summed E-state index contributed by atoms with van der Waals surface area (Å²) in [6, 6.07) is 0. The van der Waals surface area contributed by atoms with Gasteiger partial charge in [0.05, 0.1) is 7.11 Å². The van der Waals surface area contributed by atoms with Crippen LogP contribution < -0.4 is 0 Å². The highest BCUT2D eigenvalue weighted by molar-refractivity contribution is 5.68. The SMILES string of the molecule is [2H]C([2H])(CCCO)C(=O)OC. The highest BCUT2D eigenvalue weighted by Gasteiger charge is 1.96. The molecular weight excluding hydrogens is 120 g/mol. The minimum absolute atomic E-state index is 0.00380. The van der Waals surface area contributed by atoms with E-state index in [1.54, 1.807) is 0 Å². The van der Waals surface area contributed by atoms with Crippen LogP contribution in [-0.2, 0) is 9.53 Å². The van der Waals surface area contributed by atoms with Gasteiger partial charge in [0.2, 0.25) is 0 Å². The summed E-state index contributed by atoms with van der Waals surface area (Å²) in [5, 5.41) is 8.37. The fourth-order valence-corrected chi connectivity index (χ4v) is 0.342. The minimum atomic E-state index is -1.96. The van der Waals surface area contributed by atoms with Crippen LogP contribution in [0.5, 0.6) is 0 Å². The Labute approximate surface area is 57.4 Å². The van der Waals surface area contributed by atoms with Crippen LogP contribution >= 0.6 is 0 Å². The lowest BCUT2D eigenvalue weighted by molar-refractivity contribution is -0.140. The molecule has 0 amide bonds. The summed E-state index contributed by atoms with van der Waals surface area (Å²) in [5.74, 6) is -0.883. The summed E-state index contributed by atoms with van der Waals surface area (Å²) in [5.41, 5.74) is 0. The molecule has 0 bridgehead atoms. The molecule has 0 fully saturated rings. The Morgan fingerprint density at radius 1 is 1.78 bits per heavy atom. The topological polar surface area (TPSA) is 46.5 Å². The maximum atomic E-state index is 10.7. The number of aliphatic hydroxyl groups is 1. The van der Waals surface area contributed by atoms with Gasteiger partial charge in [0.25, 0.3) is 0 Å². The Kier molecular flexibility index (Phi) is 3.24. The van der Waals surface area contributed by atoms with Crippen molar-refractivity contribution in [2.45, 2.75) is 19.2 Å². The maximum Gasteiger partial charge on any atom is 0.305 e. The Morgan fingerprint density at radius 2 is 2.44 bits per heavy atom. The van der Waals surface area contributed by atoms with Crippen LogP contribution in [0, 0.1) is 0 Å². The lowest BCUT2D eigenvalue weighted by Crippen LogP contribution is -1.99. The van der Waals surface area contributed by atoms with Gasteiger partial charge in [-0.1, -0.05) is 0 Å². The largest absolute Gasteiger partial charge is 0.469 e. The van der Waals surface area contributed by atoms with E-state index in [4.69, 9.17) is 7.85 Å². The second kappa shape index (κ2) is 5.56. The molecule has 0 rings (SSSR count). The van der Waals surface area contributed by atoms with Crippen molar-refractivity contribution < 1.29 is 17.4 Å². The number of rotatable bonds is 4. The summed E-state index contributed by atoms with van der Waals surface area (Å²) in [6.07, 6.45) is -1.70. The monoisotopic (exact) mass is 134 g/mol. The first-order valence-electron chi connectivity index (χ1n) is 3.74. The first kappa shape index (κ1) is 5.23. The minimum Gasteiger partial charge on any atom is -0.469 e. The molecule has 0 aliphatic heterocycles. The Balaban J connectivity index is 3.88. The second-order valence-corrected chi connectivity index (χ2v) is 1.50. The fourth-order valence-electron chi connectivity index (χ4n) is 0.342. The van der Waals surface area contributed by atoms with E-state index < -0.39 is 12.3 Å². The zero-order valence-corrected chi connectivity index (χ0v) is 5.39. The van der Waals surface area contributed by atoms with Crippen LogP contribution in [0.15, 0.2) is 0 Å². The molecule has 0 atom stereocenters. The van der Waals surface area contributed by atoms with E-state index in [1.165, 1.54) is 0 Å². The molecular formula is C6H12O3. The molecule has 0 aromatic carbocycles. The number of aliphatic hydroxyl groups excluding tert-OH is 1. The third kappa shape index (κ3) is 5.30. The fraction of sp³-hybridized carbons (Fsp3) is 0.833. The molecule has 0 saturated heterocycles. The molecule has 0 aliphatic rings. The van der Waals surface area contributed by atoms with E-state index in [9.17, 15) is 4.79 Å². The normalized spacial score (nSPS) is 14.0. The number of carbonyl (C=O) groups is 1. The van der Waals surface area contributed by atoms with E-state index in [-0.39, 0.29) is 19.4 Å². The van der Waals surface area contributed by atoms with Crippen LogP contribution in [0.4, 0.5) is 0 Å². The molecule has 9 heavy (non-hydrogen) atoms. The average molecular weight is 134 g/mol. The molecule has 0 heterocycles. The van der Waals surface area contributed by atoms with Gasteiger partial charge in [-0.25, -0.2) is 0 Å². The smallest absolute Gasteiger partial charge is 0.305 e. The molecule has 54 valence electrons. The van der Waals surface area contributed by atoms with Crippen LogP contribution in [-0.4, -0.2) is 24.8 Å². The zero-order chi connectivity index (χ0) is 8.91. The zero-order valence-electron chi connectivity index (χ0n) is 7.39. The van der Waals surface area contributed by atoms with Crippen molar-refractivity contribution in [3.8, 4) is 0 Å². The van der Waals surface area contributed by atoms with Crippen LogP contribution in [0.3, 0.4) is 0 Å². The molecule has 1 N–H and O–H groups in total. The number of methoxy groups -OCH3 is 1. The molecule has 3 nitrogen and oxygen atoms in total. The summed E-state index contributed by atoms with van der Waals surface area (Å²) in [4.78, 5) is 10.7. The van der Waals surface area contributed by atoms with Gasteiger partial charge < -0.3 is 9.84 Å². The molecule has 0 spiro atoms. The number of carbonyl (C=O) groups excluding carboxylic acids is 1. The third-order valence-corrected chi connectivity index (χ3v) is 0.790. The summed E-state index contributed by atoms with van der Waals surface area (Å²) >= 11 is 0. The molecule has 0 aromatic heterocycles. The van der Waals surface area contributed by atoms with Crippen LogP contribution in [0.25, 0.3) is 0 Å². The first-order chi connectivity index (χ1) is 5.04. The molecule has 0 aromatic rings. The highest BCUT2D eigenvalue weighted by Crippen LogP contribution is 1.94. The van der Waals surface area contributed by atoms with E-state index in [1.807, 2.05) is 0 Å². The van der Waals surface area contributed by atoms with Gasteiger partial charge in [-0.2, -0.15) is 0 Å². The lowest BCUT2D eigenvalue weighted by Gasteiger charge is -1.95. The standard InChI is InChI=1S/C6H12O3/c1-9-6(8)4-2-3-5-7/h7H,2-5H2,1H3/i4D2. The van der Waals surface area contributed by atoms with Crippen molar-refractivity contribution in [1.29, 1.82) is 0 Å². The predicted molar refractivity (Wildman–Crippen MR) is 33.0 cm³/mol. The third-order valence-electron chi connectivity index (χ3n) is 0.790. The van der Waals surface area contributed by atoms with E-state index in [0.29, 0.717) is 0 Å². The van der Waals surface area contributed by atoms with Gasteiger partial charge in [-0.15, -0.1) is 0 Å². The van der Waals surface area contributed by atoms with Crippen molar-refractivity contribution in [2.75, 3.05) is 13.7 Å². The van der Waals surface area contributed by atoms with Crippen molar-refractivity contribution in [3.05, 3.63) is 0 Å². The summed E-state index contributed by atoms with van der Waals surface area (Å²) in [6.45, 7) is -0.115. The molecule has 0 radical (unpaired) electrons. The van der Waals surface area contributed by atoms with Gasteiger partial charge in [-0.05, 0) is 12.8 Å². The van der Waals surface area contributed by atoms with Crippen molar-refractivity contribution >= 4 is 5.97 Å². The van der Waals surface area contributed by atoms with Crippen molar-refractivity contribution in [1.82, 2.24) is 0 Å². The Morgan fingerprint density at radius 3 is 2.89 bits per heavy atom. The van der Waals surface area contributed by atoms with Gasteiger partial charge in [-0.3, -0.25) is 4.79 Å². The molecule has 0 aliphatic carbocycles. The highest BCUT2D eigenvalue weighted by atomic mass is 16.5. The van der Waals surface area contributed by atoms with Gasteiger partial charge in [0, 0.05) is 15.7 Å². The number of esters is 1. The molecule has 3 heteroatoms. The Bertz CT molecular complexity index is 136. The number of hydrogen-bond acceptors (Lipinski definition) is 3. The van der Waals surface area contributed by atoms with Crippen molar-refractivity contribution in [2.24, 2.45) is 0 Å². The van der Waals surface area contributed by atoms with Crippen LogP contribution in [0.1, 0.15) is 22.0 Å². The maximum absolute atomic E-state index is 10.7. The van der Waals surface area contributed by atoms with E-state index in [2.05, 4.69) is 4.74 Å². The molecule has 0 saturated carbocycles. The van der Waals surface area contributed by atoms with Gasteiger partial charge in [0.15, 0.2) is 0 Å². The second-order valence-electron chi connectivity index (χ2n) is 1.50.